The number of hydrogen-bond donors (Lipinski definition) is 2. The van der Waals surface area contributed by atoms with Crippen molar-refractivity contribution in [1.82, 2.24) is 10.2 Å². The lowest BCUT2D eigenvalue weighted by Gasteiger charge is -2.28. The van der Waals surface area contributed by atoms with E-state index in [1.54, 1.807) is 23.5 Å². The standard InChI is InChI=1S/C16H15Cl2N3OS/c1-21-5-4-10-12(7-21)23-16-13(10)15(22)19-14(20-16)9-3-2-8(17)6-11(9)18/h2-3,6,14,20H,4-5,7H2,1H3,(H,19,22). The van der Waals surface area contributed by atoms with Gasteiger partial charge in [0, 0.05) is 33.6 Å². The molecule has 23 heavy (non-hydrogen) atoms. The van der Waals surface area contributed by atoms with Crippen LogP contribution < -0.4 is 10.6 Å². The Morgan fingerprint density at radius 2 is 2.13 bits per heavy atom. The first kappa shape index (κ1) is 15.3. The van der Waals surface area contributed by atoms with Gasteiger partial charge in [-0.05, 0) is 31.2 Å². The first-order chi connectivity index (χ1) is 11.0. The smallest absolute Gasteiger partial charge is 0.256 e. The number of likely N-dealkylation sites (N-methyl/N-ethyl adjacent to an activating group) is 1. The van der Waals surface area contributed by atoms with Crippen LogP contribution in [0.2, 0.25) is 10.0 Å². The van der Waals surface area contributed by atoms with E-state index in [0.29, 0.717) is 10.0 Å². The minimum Gasteiger partial charge on any atom is -0.353 e. The van der Waals surface area contributed by atoms with Gasteiger partial charge >= 0.3 is 0 Å². The van der Waals surface area contributed by atoms with Gasteiger partial charge in [0.1, 0.15) is 11.2 Å². The second-order valence-corrected chi connectivity index (χ2v) is 7.86. The first-order valence-corrected chi connectivity index (χ1v) is 8.95. The lowest BCUT2D eigenvalue weighted by Crippen LogP contribution is -2.38. The number of nitrogens with one attached hydrogen (secondary N) is 2. The van der Waals surface area contributed by atoms with Gasteiger partial charge in [0.25, 0.3) is 5.91 Å². The van der Waals surface area contributed by atoms with Gasteiger partial charge in [0.15, 0.2) is 0 Å². The summed E-state index contributed by atoms with van der Waals surface area (Å²) in [5.74, 6) is -0.0307. The molecule has 2 N–H and O–H groups in total. The molecule has 1 unspecified atom stereocenters. The maximum absolute atomic E-state index is 12.6. The van der Waals surface area contributed by atoms with Gasteiger partial charge in [-0.3, -0.25) is 4.79 Å². The number of anilines is 1. The van der Waals surface area contributed by atoms with E-state index in [4.69, 9.17) is 23.2 Å². The summed E-state index contributed by atoms with van der Waals surface area (Å²) in [6.07, 6.45) is 0.580. The first-order valence-electron chi connectivity index (χ1n) is 7.38. The van der Waals surface area contributed by atoms with Crippen LogP contribution in [0.4, 0.5) is 5.00 Å². The molecular weight excluding hydrogens is 353 g/mol. The third-order valence-electron chi connectivity index (χ3n) is 4.30. The van der Waals surface area contributed by atoms with Crippen LogP contribution in [0.3, 0.4) is 0 Å². The predicted octanol–water partition coefficient (Wildman–Crippen LogP) is 3.90. The average Bonchev–Trinajstić information content (AvgIpc) is 2.84. The molecule has 7 heteroatoms. The zero-order chi connectivity index (χ0) is 16.1. The molecule has 4 rings (SSSR count). The van der Waals surface area contributed by atoms with Crippen LogP contribution >= 0.6 is 34.5 Å². The lowest BCUT2D eigenvalue weighted by atomic mass is 10.0. The van der Waals surface area contributed by atoms with Crippen molar-refractivity contribution in [2.24, 2.45) is 0 Å². The molecule has 120 valence electrons. The highest BCUT2D eigenvalue weighted by Crippen LogP contribution is 2.41. The molecule has 2 aromatic rings. The molecule has 0 radical (unpaired) electrons. The summed E-state index contributed by atoms with van der Waals surface area (Å²) in [4.78, 5) is 16.2. The normalized spacial score (nSPS) is 20.5. The van der Waals surface area contributed by atoms with Crippen molar-refractivity contribution in [3.05, 3.63) is 49.8 Å². The Kier molecular flexibility index (Phi) is 3.76. The maximum atomic E-state index is 12.6. The quantitative estimate of drug-likeness (QED) is 0.803. The van der Waals surface area contributed by atoms with Gasteiger partial charge in [-0.2, -0.15) is 0 Å². The molecule has 1 aromatic carbocycles. The van der Waals surface area contributed by atoms with Gasteiger partial charge in [0.05, 0.1) is 5.56 Å². The molecule has 2 aliphatic rings. The van der Waals surface area contributed by atoms with Gasteiger partial charge in [-0.1, -0.05) is 29.3 Å². The molecule has 3 heterocycles. The number of fused-ring (bicyclic) bond motifs is 3. The molecule has 0 bridgehead atoms. The second kappa shape index (κ2) is 5.67. The fraction of sp³-hybridized carbons (Fsp3) is 0.312. The Bertz CT molecular complexity index is 805. The molecule has 0 aliphatic carbocycles. The molecule has 0 spiro atoms. The van der Waals surface area contributed by atoms with Crippen molar-refractivity contribution >= 4 is 45.4 Å². The maximum Gasteiger partial charge on any atom is 0.256 e. The number of rotatable bonds is 1. The summed E-state index contributed by atoms with van der Waals surface area (Å²) < 4.78 is 0. The highest BCUT2D eigenvalue weighted by atomic mass is 35.5. The lowest BCUT2D eigenvalue weighted by molar-refractivity contribution is 0.0935. The van der Waals surface area contributed by atoms with E-state index >= 15 is 0 Å². The van der Waals surface area contributed by atoms with Crippen LogP contribution in [-0.2, 0) is 13.0 Å². The Morgan fingerprint density at radius 1 is 1.30 bits per heavy atom. The Balaban J connectivity index is 1.71. The third-order valence-corrected chi connectivity index (χ3v) is 6.01. The van der Waals surface area contributed by atoms with Gasteiger partial charge in [-0.25, -0.2) is 0 Å². The average molecular weight is 368 g/mol. The number of benzene rings is 1. The summed E-state index contributed by atoms with van der Waals surface area (Å²) >= 11 is 13.9. The fourth-order valence-electron chi connectivity index (χ4n) is 3.13. The van der Waals surface area contributed by atoms with Gasteiger partial charge < -0.3 is 15.5 Å². The van der Waals surface area contributed by atoms with Crippen molar-refractivity contribution in [2.75, 3.05) is 18.9 Å². The van der Waals surface area contributed by atoms with E-state index in [0.717, 1.165) is 35.6 Å². The van der Waals surface area contributed by atoms with Crippen molar-refractivity contribution in [1.29, 1.82) is 0 Å². The fourth-order valence-corrected chi connectivity index (χ4v) is 5.01. The van der Waals surface area contributed by atoms with Crippen LogP contribution in [-0.4, -0.2) is 24.4 Å². The predicted molar refractivity (Wildman–Crippen MR) is 94.6 cm³/mol. The van der Waals surface area contributed by atoms with Crippen LogP contribution in [0.15, 0.2) is 18.2 Å². The molecule has 2 aliphatic heterocycles. The minimum atomic E-state index is -0.336. The number of carbonyl (C=O) groups is 1. The van der Waals surface area contributed by atoms with Crippen LogP contribution in [0, 0.1) is 0 Å². The zero-order valence-corrected chi connectivity index (χ0v) is 14.8. The number of thiophene rings is 1. The molecule has 4 nitrogen and oxygen atoms in total. The molecule has 1 amide bonds. The minimum absolute atomic E-state index is 0.0307. The number of halogens is 2. The Labute approximate surface area is 148 Å². The van der Waals surface area contributed by atoms with E-state index in [1.807, 2.05) is 6.07 Å². The van der Waals surface area contributed by atoms with E-state index in [1.165, 1.54) is 10.4 Å². The summed E-state index contributed by atoms with van der Waals surface area (Å²) in [7, 11) is 2.10. The van der Waals surface area contributed by atoms with Gasteiger partial charge in [0.2, 0.25) is 0 Å². The van der Waals surface area contributed by atoms with Crippen molar-refractivity contribution in [2.45, 2.75) is 19.1 Å². The summed E-state index contributed by atoms with van der Waals surface area (Å²) in [5, 5.41) is 8.49. The molecule has 0 saturated heterocycles. The van der Waals surface area contributed by atoms with Crippen LogP contribution in [0.25, 0.3) is 0 Å². The monoisotopic (exact) mass is 367 g/mol. The summed E-state index contributed by atoms with van der Waals surface area (Å²) in [5.41, 5.74) is 2.81. The molecule has 0 saturated carbocycles. The third kappa shape index (κ3) is 2.62. The number of hydrogen-bond acceptors (Lipinski definition) is 4. The van der Waals surface area contributed by atoms with Crippen molar-refractivity contribution < 1.29 is 4.79 Å². The van der Waals surface area contributed by atoms with Crippen LogP contribution in [0.5, 0.6) is 0 Å². The largest absolute Gasteiger partial charge is 0.353 e. The number of nitrogens with zero attached hydrogens (tertiary/aromatic N) is 1. The summed E-state index contributed by atoms with van der Waals surface area (Å²) in [6, 6.07) is 5.31. The van der Waals surface area contributed by atoms with E-state index in [9.17, 15) is 4.79 Å². The Morgan fingerprint density at radius 3 is 2.91 bits per heavy atom. The topological polar surface area (TPSA) is 44.4 Å². The second-order valence-electron chi connectivity index (χ2n) is 5.91. The van der Waals surface area contributed by atoms with E-state index < -0.39 is 0 Å². The number of carbonyl (C=O) groups excluding carboxylic acids is 1. The molecule has 1 aromatic heterocycles. The van der Waals surface area contributed by atoms with E-state index in [2.05, 4.69) is 22.6 Å². The highest BCUT2D eigenvalue weighted by molar-refractivity contribution is 7.16. The van der Waals surface area contributed by atoms with Crippen molar-refractivity contribution in [3.63, 3.8) is 0 Å². The van der Waals surface area contributed by atoms with Crippen LogP contribution in [0.1, 0.15) is 32.5 Å². The van der Waals surface area contributed by atoms with Crippen molar-refractivity contribution in [3.8, 4) is 0 Å². The molecule has 1 atom stereocenters. The molecular formula is C16H15Cl2N3OS. The SMILES string of the molecule is CN1CCc2c(sc3c2C(=O)NC(c2ccc(Cl)cc2Cl)N3)C1. The number of amides is 1. The van der Waals surface area contributed by atoms with E-state index in [-0.39, 0.29) is 12.1 Å². The highest BCUT2D eigenvalue weighted by Gasteiger charge is 2.33. The Hall–Kier alpha value is -1.27. The zero-order valence-electron chi connectivity index (χ0n) is 12.5. The summed E-state index contributed by atoms with van der Waals surface area (Å²) in [6.45, 7) is 1.88. The van der Waals surface area contributed by atoms with Gasteiger partial charge in [-0.15, -0.1) is 11.3 Å². The molecule has 0 fully saturated rings.